The summed E-state index contributed by atoms with van der Waals surface area (Å²) in [5, 5.41) is 9.38. The second-order valence-corrected chi connectivity index (χ2v) is 4.40. The summed E-state index contributed by atoms with van der Waals surface area (Å²) < 4.78 is 12.9. The fraction of sp³-hybridized carbons (Fsp3) is 0.417. The highest BCUT2D eigenvalue weighted by molar-refractivity contribution is 6.31. The molecular formula is C12H12ClFN2. The van der Waals surface area contributed by atoms with Crippen molar-refractivity contribution in [3.8, 4) is 6.07 Å². The number of benzene rings is 1. The fourth-order valence-corrected chi connectivity index (χ4v) is 2.26. The van der Waals surface area contributed by atoms with Gasteiger partial charge in [0, 0.05) is 11.6 Å². The molecule has 1 aromatic carbocycles. The zero-order valence-corrected chi connectivity index (χ0v) is 9.54. The predicted molar refractivity (Wildman–Crippen MR) is 60.5 cm³/mol. The second-order valence-electron chi connectivity index (χ2n) is 3.99. The Morgan fingerprint density at radius 2 is 2.38 bits per heavy atom. The minimum absolute atomic E-state index is 0.0267. The number of likely N-dealkylation sites (tertiary alicyclic amines) is 1. The van der Waals surface area contributed by atoms with E-state index < -0.39 is 0 Å². The lowest BCUT2D eigenvalue weighted by Gasteiger charge is -2.19. The lowest BCUT2D eigenvalue weighted by atomic mass is 10.2. The lowest BCUT2D eigenvalue weighted by Crippen LogP contribution is -2.27. The first-order valence-corrected chi connectivity index (χ1v) is 5.66. The third-order valence-electron chi connectivity index (χ3n) is 2.90. The van der Waals surface area contributed by atoms with Crippen LogP contribution < -0.4 is 0 Å². The first-order chi connectivity index (χ1) is 7.70. The molecule has 2 nitrogen and oxygen atoms in total. The molecule has 1 aliphatic heterocycles. The average Bonchev–Trinajstić information content (AvgIpc) is 2.69. The Hall–Kier alpha value is -1.11. The smallest absolute Gasteiger partial charge is 0.124 e. The van der Waals surface area contributed by atoms with Crippen LogP contribution in [-0.2, 0) is 6.54 Å². The van der Waals surface area contributed by atoms with Gasteiger partial charge < -0.3 is 0 Å². The van der Waals surface area contributed by atoms with Gasteiger partial charge >= 0.3 is 0 Å². The van der Waals surface area contributed by atoms with E-state index in [0.29, 0.717) is 11.6 Å². The normalized spacial score (nSPS) is 20.9. The number of hydrogen-bond donors (Lipinski definition) is 0. The number of nitriles is 1. The summed E-state index contributed by atoms with van der Waals surface area (Å²) in [6, 6.07) is 6.65. The van der Waals surface area contributed by atoms with Crippen molar-refractivity contribution >= 4 is 11.6 Å². The summed E-state index contributed by atoms with van der Waals surface area (Å²) in [6.07, 6.45) is 1.95. The average molecular weight is 239 g/mol. The van der Waals surface area contributed by atoms with Crippen molar-refractivity contribution in [1.29, 1.82) is 5.26 Å². The maximum atomic E-state index is 12.9. The van der Waals surface area contributed by atoms with Crippen LogP contribution in [0.2, 0.25) is 5.02 Å². The number of nitrogens with zero attached hydrogens (tertiary/aromatic N) is 2. The standard InChI is InChI=1S/C12H12ClFN2/c13-12-6-10(14)4-3-9(12)8-16-5-1-2-11(16)7-15/h3-4,6,11H,1-2,5,8H2. The van der Waals surface area contributed by atoms with Gasteiger partial charge in [-0.2, -0.15) is 5.26 Å². The molecule has 0 amide bonds. The first kappa shape index (κ1) is 11.4. The summed E-state index contributed by atoms with van der Waals surface area (Å²) in [7, 11) is 0. The van der Waals surface area contributed by atoms with Gasteiger partial charge in [0.2, 0.25) is 0 Å². The van der Waals surface area contributed by atoms with Crippen molar-refractivity contribution < 1.29 is 4.39 Å². The van der Waals surface area contributed by atoms with E-state index in [2.05, 4.69) is 11.0 Å². The van der Waals surface area contributed by atoms with Crippen LogP contribution in [0.5, 0.6) is 0 Å². The van der Waals surface area contributed by atoms with E-state index in [0.717, 1.165) is 24.9 Å². The van der Waals surface area contributed by atoms with Crippen LogP contribution in [0.25, 0.3) is 0 Å². The highest BCUT2D eigenvalue weighted by atomic mass is 35.5. The molecule has 1 saturated heterocycles. The summed E-state index contributed by atoms with van der Waals surface area (Å²) in [4.78, 5) is 2.08. The van der Waals surface area contributed by atoms with Gasteiger partial charge in [-0.25, -0.2) is 4.39 Å². The van der Waals surface area contributed by atoms with Crippen molar-refractivity contribution in [2.24, 2.45) is 0 Å². The molecule has 0 aromatic heterocycles. The molecule has 0 saturated carbocycles. The third-order valence-corrected chi connectivity index (χ3v) is 3.25. The van der Waals surface area contributed by atoms with Crippen LogP contribution in [0.3, 0.4) is 0 Å². The molecular weight excluding hydrogens is 227 g/mol. The molecule has 84 valence electrons. The van der Waals surface area contributed by atoms with Crippen LogP contribution in [0, 0.1) is 17.1 Å². The van der Waals surface area contributed by atoms with Gasteiger partial charge in [0.25, 0.3) is 0 Å². The highest BCUT2D eigenvalue weighted by Gasteiger charge is 2.24. The topological polar surface area (TPSA) is 27.0 Å². The van der Waals surface area contributed by atoms with Crippen LogP contribution >= 0.6 is 11.6 Å². The van der Waals surface area contributed by atoms with Crippen molar-refractivity contribution in [3.63, 3.8) is 0 Å². The van der Waals surface area contributed by atoms with Gasteiger partial charge in [-0.15, -0.1) is 0 Å². The monoisotopic (exact) mass is 238 g/mol. The summed E-state index contributed by atoms with van der Waals surface area (Å²) >= 11 is 5.95. The SMILES string of the molecule is N#CC1CCCN1Cc1ccc(F)cc1Cl. The van der Waals surface area contributed by atoms with E-state index >= 15 is 0 Å². The molecule has 0 N–H and O–H groups in total. The lowest BCUT2D eigenvalue weighted by molar-refractivity contribution is 0.286. The van der Waals surface area contributed by atoms with Crippen molar-refractivity contribution in [2.75, 3.05) is 6.54 Å². The van der Waals surface area contributed by atoms with Crippen LogP contribution in [0.1, 0.15) is 18.4 Å². The summed E-state index contributed by atoms with van der Waals surface area (Å²) in [5.41, 5.74) is 0.880. The Balaban J connectivity index is 2.12. The molecule has 4 heteroatoms. The molecule has 1 fully saturated rings. The second kappa shape index (κ2) is 4.82. The van der Waals surface area contributed by atoms with Crippen molar-refractivity contribution in [2.45, 2.75) is 25.4 Å². The molecule has 1 unspecified atom stereocenters. The van der Waals surface area contributed by atoms with E-state index in [1.54, 1.807) is 6.07 Å². The van der Waals surface area contributed by atoms with Gasteiger partial charge in [0.15, 0.2) is 0 Å². The van der Waals surface area contributed by atoms with E-state index in [-0.39, 0.29) is 11.9 Å². The molecule has 0 spiro atoms. The Bertz CT molecular complexity index is 428. The van der Waals surface area contributed by atoms with Crippen LogP contribution in [-0.4, -0.2) is 17.5 Å². The van der Waals surface area contributed by atoms with E-state index in [4.69, 9.17) is 16.9 Å². The number of hydrogen-bond acceptors (Lipinski definition) is 2. The zero-order valence-electron chi connectivity index (χ0n) is 8.79. The van der Waals surface area contributed by atoms with Gasteiger partial charge in [-0.1, -0.05) is 17.7 Å². The molecule has 1 aliphatic rings. The van der Waals surface area contributed by atoms with E-state index in [1.807, 2.05) is 0 Å². The molecule has 2 rings (SSSR count). The third kappa shape index (κ3) is 2.34. The Kier molecular flexibility index (Phi) is 3.42. The maximum Gasteiger partial charge on any atom is 0.124 e. The highest BCUT2D eigenvalue weighted by Crippen LogP contribution is 2.23. The Morgan fingerprint density at radius 1 is 1.56 bits per heavy atom. The van der Waals surface area contributed by atoms with Gasteiger partial charge in [-0.3, -0.25) is 4.90 Å². The molecule has 16 heavy (non-hydrogen) atoms. The molecule has 1 aromatic rings. The summed E-state index contributed by atoms with van der Waals surface area (Å²) in [6.45, 7) is 1.53. The van der Waals surface area contributed by atoms with E-state index in [1.165, 1.54) is 12.1 Å². The molecule has 0 aliphatic carbocycles. The number of rotatable bonds is 2. The van der Waals surface area contributed by atoms with Crippen molar-refractivity contribution in [3.05, 3.63) is 34.6 Å². The van der Waals surface area contributed by atoms with Crippen LogP contribution in [0.4, 0.5) is 4.39 Å². The van der Waals surface area contributed by atoms with Gasteiger partial charge in [0.05, 0.1) is 12.1 Å². The maximum absolute atomic E-state index is 12.9. The van der Waals surface area contributed by atoms with Crippen LogP contribution in [0.15, 0.2) is 18.2 Å². The quantitative estimate of drug-likeness (QED) is 0.792. The minimum Gasteiger partial charge on any atom is -0.284 e. The Labute approximate surface area is 99.2 Å². The summed E-state index contributed by atoms with van der Waals surface area (Å²) in [5.74, 6) is -0.327. The minimum atomic E-state index is -0.327. The van der Waals surface area contributed by atoms with Gasteiger partial charge in [0.1, 0.15) is 5.82 Å². The predicted octanol–water partition coefficient (Wildman–Crippen LogP) is 2.97. The molecule has 1 heterocycles. The number of halogens is 2. The fourth-order valence-electron chi connectivity index (χ4n) is 2.03. The molecule has 1 atom stereocenters. The van der Waals surface area contributed by atoms with Gasteiger partial charge in [-0.05, 0) is 37.1 Å². The molecule has 0 radical (unpaired) electrons. The Morgan fingerprint density at radius 3 is 3.06 bits per heavy atom. The van der Waals surface area contributed by atoms with Crippen molar-refractivity contribution in [1.82, 2.24) is 4.90 Å². The largest absolute Gasteiger partial charge is 0.284 e. The van der Waals surface area contributed by atoms with E-state index in [9.17, 15) is 4.39 Å². The zero-order chi connectivity index (χ0) is 11.5. The first-order valence-electron chi connectivity index (χ1n) is 5.28. The molecule has 0 bridgehead atoms.